The standard InChI is InChI=1S/C19H16F3N5O2/c1-11-6-7-13(29-11)9-23-17-14(19(20,21)22)10-24-18(25-17)26-27-15-5-3-2-4-12(15)8-16(27)28/h2-7,10H,8-9H2,1H3,(H2,23,24,25,26). The molecule has 0 fully saturated rings. The summed E-state index contributed by atoms with van der Waals surface area (Å²) >= 11 is 0. The number of furan rings is 1. The van der Waals surface area contributed by atoms with Crippen molar-refractivity contribution in [2.45, 2.75) is 26.1 Å². The summed E-state index contributed by atoms with van der Waals surface area (Å²) in [6.07, 6.45) is -3.78. The van der Waals surface area contributed by atoms with Crippen molar-refractivity contribution in [1.29, 1.82) is 0 Å². The van der Waals surface area contributed by atoms with E-state index in [9.17, 15) is 18.0 Å². The first kappa shape index (κ1) is 18.8. The summed E-state index contributed by atoms with van der Waals surface area (Å²) in [5.74, 6) is 0.307. The van der Waals surface area contributed by atoms with Gasteiger partial charge in [0.2, 0.25) is 11.9 Å². The van der Waals surface area contributed by atoms with Crippen LogP contribution >= 0.6 is 0 Å². The van der Waals surface area contributed by atoms with Crippen LogP contribution in [0.4, 0.5) is 30.6 Å². The Morgan fingerprint density at radius 2 is 2.00 bits per heavy atom. The number of fused-ring (bicyclic) bond motifs is 1. The van der Waals surface area contributed by atoms with Gasteiger partial charge < -0.3 is 9.73 Å². The number of anilines is 3. The summed E-state index contributed by atoms with van der Waals surface area (Å²) in [7, 11) is 0. The number of rotatable bonds is 5. The minimum Gasteiger partial charge on any atom is -0.465 e. The lowest BCUT2D eigenvalue weighted by Crippen LogP contribution is -2.34. The van der Waals surface area contributed by atoms with Gasteiger partial charge in [-0.05, 0) is 30.7 Å². The highest BCUT2D eigenvalue weighted by Gasteiger charge is 2.36. The number of hydrogen-bond acceptors (Lipinski definition) is 6. The van der Waals surface area contributed by atoms with E-state index in [1.807, 2.05) is 6.07 Å². The Labute approximate surface area is 163 Å². The van der Waals surface area contributed by atoms with Gasteiger partial charge in [0, 0.05) is 6.20 Å². The molecule has 150 valence electrons. The second-order valence-corrected chi connectivity index (χ2v) is 6.47. The summed E-state index contributed by atoms with van der Waals surface area (Å²) in [6.45, 7) is 1.75. The van der Waals surface area contributed by atoms with E-state index >= 15 is 0 Å². The van der Waals surface area contributed by atoms with E-state index in [2.05, 4.69) is 20.7 Å². The predicted molar refractivity (Wildman–Crippen MR) is 99.1 cm³/mol. The zero-order valence-electron chi connectivity index (χ0n) is 15.2. The van der Waals surface area contributed by atoms with E-state index in [1.165, 1.54) is 5.01 Å². The van der Waals surface area contributed by atoms with Crippen LogP contribution in [0.1, 0.15) is 22.6 Å². The molecule has 0 saturated heterocycles. The molecule has 1 aliphatic rings. The molecule has 0 spiro atoms. The van der Waals surface area contributed by atoms with Crippen molar-refractivity contribution in [3.8, 4) is 0 Å². The molecule has 2 aromatic heterocycles. The van der Waals surface area contributed by atoms with Gasteiger partial charge in [-0.25, -0.2) is 9.99 Å². The Bertz CT molecular complexity index is 1060. The van der Waals surface area contributed by atoms with Crippen LogP contribution in [0.15, 0.2) is 47.0 Å². The first-order valence-electron chi connectivity index (χ1n) is 8.72. The molecule has 0 aliphatic carbocycles. The van der Waals surface area contributed by atoms with Crippen molar-refractivity contribution in [3.63, 3.8) is 0 Å². The number of para-hydroxylation sites is 1. The molecule has 3 aromatic rings. The summed E-state index contributed by atoms with van der Waals surface area (Å²) < 4.78 is 45.4. The molecule has 10 heteroatoms. The Kier molecular flexibility index (Phi) is 4.61. The quantitative estimate of drug-likeness (QED) is 0.672. The number of nitrogens with one attached hydrogen (secondary N) is 2. The number of amides is 1. The van der Waals surface area contributed by atoms with Crippen LogP contribution < -0.4 is 15.8 Å². The van der Waals surface area contributed by atoms with Gasteiger partial charge in [-0.15, -0.1) is 0 Å². The van der Waals surface area contributed by atoms with Gasteiger partial charge in [0.05, 0.1) is 18.7 Å². The molecule has 0 saturated carbocycles. The minimum absolute atomic E-state index is 0.0127. The Balaban J connectivity index is 1.60. The number of carbonyl (C=O) groups excluding carboxylic acids is 1. The maximum Gasteiger partial charge on any atom is 0.421 e. The number of hydrazine groups is 1. The number of benzene rings is 1. The van der Waals surface area contributed by atoms with Gasteiger partial charge in [-0.2, -0.15) is 18.2 Å². The second kappa shape index (κ2) is 7.12. The van der Waals surface area contributed by atoms with Crippen molar-refractivity contribution in [2.24, 2.45) is 0 Å². The monoisotopic (exact) mass is 403 g/mol. The SMILES string of the molecule is Cc1ccc(CNc2nc(NN3C(=O)Cc4ccccc43)ncc2C(F)(F)F)o1. The fraction of sp³-hybridized carbons (Fsp3) is 0.211. The molecule has 1 amide bonds. The zero-order chi connectivity index (χ0) is 20.6. The number of halogens is 3. The maximum atomic E-state index is 13.3. The van der Waals surface area contributed by atoms with Gasteiger partial charge >= 0.3 is 6.18 Å². The molecular formula is C19H16F3N5O2. The first-order valence-corrected chi connectivity index (χ1v) is 8.72. The van der Waals surface area contributed by atoms with Crippen LogP contribution in [0.25, 0.3) is 0 Å². The van der Waals surface area contributed by atoms with E-state index in [0.29, 0.717) is 23.4 Å². The molecule has 2 N–H and O–H groups in total. The summed E-state index contributed by atoms with van der Waals surface area (Å²) in [6, 6.07) is 10.5. The third-order valence-electron chi connectivity index (χ3n) is 4.36. The molecule has 4 rings (SSSR count). The number of hydrogen-bond donors (Lipinski definition) is 2. The molecule has 0 bridgehead atoms. The highest BCUT2D eigenvalue weighted by atomic mass is 19.4. The van der Waals surface area contributed by atoms with Crippen LogP contribution in [-0.4, -0.2) is 15.9 Å². The van der Waals surface area contributed by atoms with Crippen LogP contribution in [0.5, 0.6) is 0 Å². The number of aromatic nitrogens is 2. The lowest BCUT2D eigenvalue weighted by atomic mass is 10.2. The molecule has 7 nitrogen and oxygen atoms in total. The van der Waals surface area contributed by atoms with Crippen LogP contribution in [0.3, 0.4) is 0 Å². The Hall–Kier alpha value is -3.56. The summed E-state index contributed by atoms with van der Waals surface area (Å²) in [5.41, 5.74) is 3.11. The first-order chi connectivity index (χ1) is 13.8. The zero-order valence-corrected chi connectivity index (χ0v) is 15.2. The molecule has 0 unspecified atom stereocenters. The molecule has 1 aromatic carbocycles. The lowest BCUT2D eigenvalue weighted by Gasteiger charge is -2.20. The Morgan fingerprint density at radius 1 is 1.21 bits per heavy atom. The van der Waals surface area contributed by atoms with E-state index < -0.39 is 17.6 Å². The van der Waals surface area contributed by atoms with Gasteiger partial charge in [0.1, 0.15) is 22.9 Å². The van der Waals surface area contributed by atoms with Crippen molar-refractivity contribution >= 4 is 23.4 Å². The molecule has 0 atom stereocenters. The number of aryl methyl sites for hydroxylation is 1. The van der Waals surface area contributed by atoms with Gasteiger partial charge in [-0.3, -0.25) is 10.2 Å². The fourth-order valence-electron chi connectivity index (χ4n) is 3.01. The fourth-order valence-corrected chi connectivity index (χ4v) is 3.01. The number of nitrogens with zero attached hydrogens (tertiary/aromatic N) is 3. The average Bonchev–Trinajstić information content (AvgIpc) is 3.22. The Morgan fingerprint density at radius 3 is 2.72 bits per heavy atom. The van der Waals surface area contributed by atoms with Crippen molar-refractivity contribution in [3.05, 3.63) is 65.2 Å². The predicted octanol–water partition coefficient (Wildman–Crippen LogP) is 3.93. The minimum atomic E-state index is -4.64. The van der Waals surface area contributed by atoms with Crippen LogP contribution in [-0.2, 0) is 23.9 Å². The van der Waals surface area contributed by atoms with E-state index in [4.69, 9.17) is 4.42 Å². The van der Waals surface area contributed by atoms with E-state index in [1.54, 1.807) is 37.3 Å². The lowest BCUT2D eigenvalue weighted by molar-refractivity contribution is -0.137. The molecule has 3 heterocycles. The summed E-state index contributed by atoms with van der Waals surface area (Å²) in [4.78, 5) is 19.9. The van der Waals surface area contributed by atoms with Crippen molar-refractivity contribution in [2.75, 3.05) is 15.8 Å². The van der Waals surface area contributed by atoms with Crippen LogP contribution in [0, 0.1) is 6.92 Å². The van der Waals surface area contributed by atoms with Gasteiger partial charge in [-0.1, -0.05) is 18.2 Å². The highest BCUT2D eigenvalue weighted by molar-refractivity contribution is 6.02. The highest BCUT2D eigenvalue weighted by Crippen LogP contribution is 2.34. The molecular weight excluding hydrogens is 387 g/mol. The third kappa shape index (κ3) is 3.86. The van der Waals surface area contributed by atoms with Crippen molar-refractivity contribution < 1.29 is 22.4 Å². The maximum absolute atomic E-state index is 13.3. The topological polar surface area (TPSA) is 83.3 Å². The van der Waals surface area contributed by atoms with Crippen molar-refractivity contribution in [1.82, 2.24) is 9.97 Å². The largest absolute Gasteiger partial charge is 0.465 e. The number of carbonyl (C=O) groups is 1. The molecule has 1 aliphatic heterocycles. The summed E-state index contributed by atoms with van der Waals surface area (Å²) in [5, 5.41) is 3.87. The van der Waals surface area contributed by atoms with Crippen LogP contribution in [0.2, 0.25) is 0 Å². The van der Waals surface area contributed by atoms with Gasteiger partial charge in [0.25, 0.3) is 0 Å². The average molecular weight is 403 g/mol. The third-order valence-corrected chi connectivity index (χ3v) is 4.36. The number of alkyl halides is 3. The molecule has 0 radical (unpaired) electrons. The van der Waals surface area contributed by atoms with Gasteiger partial charge in [0.15, 0.2) is 0 Å². The smallest absolute Gasteiger partial charge is 0.421 e. The molecule has 29 heavy (non-hydrogen) atoms. The normalized spacial score (nSPS) is 13.5. The second-order valence-electron chi connectivity index (χ2n) is 6.47. The van der Waals surface area contributed by atoms with E-state index in [0.717, 1.165) is 5.56 Å². The van der Waals surface area contributed by atoms with E-state index in [-0.39, 0.29) is 24.8 Å².